The van der Waals surface area contributed by atoms with Gasteiger partial charge in [-0.15, -0.1) is 12.4 Å². The zero-order chi connectivity index (χ0) is 14.6. The van der Waals surface area contributed by atoms with Gasteiger partial charge in [0.05, 0.1) is 18.1 Å². The molecule has 0 bridgehead atoms. The largest absolute Gasteiger partial charge is 0.466 e. The summed E-state index contributed by atoms with van der Waals surface area (Å²) in [5.74, 6) is 0.0484. The molecule has 0 aromatic heterocycles. The molecule has 2 aliphatic rings. The standard InChI is InChI=1S/C15H26N2O3.ClH/c1-3-20-13(18)12-6-10-17(11-7-12)14(19)15(2)8-4-5-9-16-15;/h12,16H,3-11H2,1-2H3;1H. The van der Waals surface area contributed by atoms with Crippen molar-refractivity contribution in [3.05, 3.63) is 0 Å². The average molecular weight is 319 g/mol. The molecule has 1 atom stereocenters. The van der Waals surface area contributed by atoms with E-state index in [0.717, 1.165) is 38.6 Å². The van der Waals surface area contributed by atoms with Gasteiger partial charge in [0.15, 0.2) is 0 Å². The predicted molar refractivity (Wildman–Crippen MR) is 83.4 cm³/mol. The van der Waals surface area contributed by atoms with Gasteiger partial charge in [0.1, 0.15) is 0 Å². The van der Waals surface area contributed by atoms with Crippen molar-refractivity contribution in [1.82, 2.24) is 10.2 Å². The van der Waals surface area contributed by atoms with Gasteiger partial charge in [0, 0.05) is 13.1 Å². The van der Waals surface area contributed by atoms with Crippen molar-refractivity contribution in [2.45, 2.75) is 51.5 Å². The molecule has 0 saturated carbocycles. The number of carbonyl (C=O) groups is 2. The second kappa shape index (κ2) is 7.99. The van der Waals surface area contributed by atoms with Crippen molar-refractivity contribution in [3.63, 3.8) is 0 Å². The molecule has 5 nitrogen and oxygen atoms in total. The lowest BCUT2D eigenvalue weighted by Crippen LogP contribution is -2.59. The summed E-state index contributed by atoms with van der Waals surface area (Å²) in [7, 11) is 0. The molecule has 0 aliphatic carbocycles. The molecule has 122 valence electrons. The third-order valence-corrected chi connectivity index (χ3v) is 4.49. The van der Waals surface area contributed by atoms with Crippen LogP contribution in [0.25, 0.3) is 0 Å². The Morgan fingerprint density at radius 2 is 1.95 bits per heavy atom. The van der Waals surface area contributed by atoms with Crippen LogP contribution in [-0.2, 0) is 14.3 Å². The van der Waals surface area contributed by atoms with Crippen LogP contribution in [0.15, 0.2) is 0 Å². The van der Waals surface area contributed by atoms with E-state index in [1.54, 1.807) is 0 Å². The van der Waals surface area contributed by atoms with Gasteiger partial charge in [-0.3, -0.25) is 9.59 Å². The minimum atomic E-state index is -0.408. The molecule has 0 aromatic rings. The molecule has 6 heteroatoms. The van der Waals surface area contributed by atoms with E-state index < -0.39 is 5.54 Å². The lowest BCUT2D eigenvalue weighted by atomic mass is 9.88. The normalized spacial score (nSPS) is 26.9. The average Bonchev–Trinajstić information content (AvgIpc) is 2.48. The number of likely N-dealkylation sites (tertiary alicyclic amines) is 1. The van der Waals surface area contributed by atoms with Gasteiger partial charge in [0.25, 0.3) is 0 Å². The van der Waals surface area contributed by atoms with Gasteiger partial charge in [-0.05, 0) is 52.5 Å². The number of nitrogens with one attached hydrogen (secondary N) is 1. The number of amides is 1. The van der Waals surface area contributed by atoms with Crippen molar-refractivity contribution >= 4 is 24.3 Å². The van der Waals surface area contributed by atoms with Crippen molar-refractivity contribution in [2.75, 3.05) is 26.2 Å². The minimum absolute atomic E-state index is 0. The maximum absolute atomic E-state index is 12.6. The van der Waals surface area contributed by atoms with Gasteiger partial charge in [-0.2, -0.15) is 0 Å². The summed E-state index contributed by atoms with van der Waals surface area (Å²) in [5, 5.41) is 3.36. The van der Waals surface area contributed by atoms with Crippen LogP contribution < -0.4 is 5.32 Å². The van der Waals surface area contributed by atoms with E-state index in [2.05, 4.69) is 5.32 Å². The molecule has 0 radical (unpaired) electrons. The van der Waals surface area contributed by atoms with E-state index >= 15 is 0 Å². The summed E-state index contributed by atoms with van der Waals surface area (Å²) in [6.45, 7) is 6.51. The summed E-state index contributed by atoms with van der Waals surface area (Å²) in [6.07, 6.45) is 4.60. The maximum atomic E-state index is 12.6. The number of piperidine rings is 2. The zero-order valence-electron chi connectivity index (χ0n) is 13.0. The van der Waals surface area contributed by atoms with Gasteiger partial charge < -0.3 is 15.0 Å². The van der Waals surface area contributed by atoms with Crippen molar-refractivity contribution in [2.24, 2.45) is 5.92 Å². The van der Waals surface area contributed by atoms with E-state index in [9.17, 15) is 9.59 Å². The van der Waals surface area contributed by atoms with Gasteiger partial charge in [-0.25, -0.2) is 0 Å². The van der Waals surface area contributed by atoms with E-state index in [-0.39, 0.29) is 30.2 Å². The third-order valence-electron chi connectivity index (χ3n) is 4.49. The van der Waals surface area contributed by atoms with Crippen LogP contribution in [0, 0.1) is 5.92 Å². The van der Waals surface area contributed by atoms with Gasteiger partial charge in [-0.1, -0.05) is 0 Å². The molecule has 2 saturated heterocycles. The first-order valence-corrected chi connectivity index (χ1v) is 7.78. The molecule has 21 heavy (non-hydrogen) atoms. The minimum Gasteiger partial charge on any atom is -0.466 e. The van der Waals surface area contributed by atoms with Gasteiger partial charge >= 0.3 is 5.97 Å². The van der Waals surface area contributed by atoms with Crippen molar-refractivity contribution in [1.29, 1.82) is 0 Å². The molecule has 1 N–H and O–H groups in total. The lowest BCUT2D eigenvalue weighted by molar-refractivity contribution is -0.152. The smallest absolute Gasteiger partial charge is 0.309 e. The highest BCUT2D eigenvalue weighted by molar-refractivity contribution is 5.86. The van der Waals surface area contributed by atoms with Crippen LogP contribution in [0.5, 0.6) is 0 Å². The first-order chi connectivity index (χ1) is 9.57. The highest BCUT2D eigenvalue weighted by Crippen LogP contribution is 2.25. The topological polar surface area (TPSA) is 58.6 Å². The quantitative estimate of drug-likeness (QED) is 0.805. The number of rotatable bonds is 3. The highest BCUT2D eigenvalue weighted by atomic mass is 35.5. The molecule has 1 unspecified atom stereocenters. The molecule has 2 heterocycles. The first-order valence-electron chi connectivity index (χ1n) is 7.78. The fraction of sp³-hybridized carbons (Fsp3) is 0.867. The second-order valence-corrected chi connectivity index (χ2v) is 6.03. The molecule has 2 fully saturated rings. The Kier molecular flexibility index (Phi) is 6.94. The Balaban J connectivity index is 0.00000220. The zero-order valence-corrected chi connectivity index (χ0v) is 13.8. The summed E-state index contributed by atoms with van der Waals surface area (Å²) < 4.78 is 5.06. The van der Waals surface area contributed by atoms with Crippen molar-refractivity contribution < 1.29 is 14.3 Å². The van der Waals surface area contributed by atoms with Crippen LogP contribution in [-0.4, -0.2) is 48.6 Å². The molecule has 2 rings (SSSR count). The summed E-state index contributed by atoms with van der Waals surface area (Å²) >= 11 is 0. The van der Waals surface area contributed by atoms with Crippen LogP contribution in [0.3, 0.4) is 0 Å². The van der Waals surface area contributed by atoms with E-state index in [4.69, 9.17) is 4.74 Å². The lowest BCUT2D eigenvalue weighted by Gasteiger charge is -2.40. The van der Waals surface area contributed by atoms with Crippen LogP contribution in [0.2, 0.25) is 0 Å². The van der Waals surface area contributed by atoms with Gasteiger partial charge in [0.2, 0.25) is 5.91 Å². The molecule has 2 aliphatic heterocycles. The van der Waals surface area contributed by atoms with Crippen LogP contribution >= 0.6 is 12.4 Å². The molecular formula is C15H27ClN2O3. The molecule has 0 spiro atoms. The third kappa shape index (κ3) is 4.33. The predicted octanol–water partition coefficient (Wildman–Crippen LogP) is 1.74. The SMILES string of the molecule is CCOC(=O)C1CCN(C(=O)C2(C)CCCCN2)CC1.Cl. The summed E-state index contributed by atoms with van der Waals surface area (Å²) in [4.78, 5) is 26.2. The van der Waals surface area contributed by atoms with E-state index in [0.29, 0.717) is 19.7 Å². The monoisotopic (exact) mass is 318 g/mol. The number of hydrogen-bond donors (Lipinski definition) is 1. The Bertz CT molecular complexity index is 362. The second-order valence-electron chi connectivity index (χ2n) is 6.03. The number of carbonyl (C=O) groups excluding carboxylic acids is 2. The maximum Gasteiger partial charge on any atom is 0.309 e. The van der Waals surface area contributed by atoms with Crippen LogP contribution in [0.4, 0.5) is 0 Å². The van der Waals surface area contributed by atoms with Crippen LogP contribution in [0.1, 0.15) is 46.0 Å². The Morgan fingerprint density at radius 1 is 1.29 bits per heavy atom. The number of halogens is 1. The Labute approximate surface area is 133 Å². The highest BCUT2D eigenvalue weighted by Gasteiger charge is 2.39. The Morgan fingerprint density at radius 3 is 2.48 bits per heavy atom. The Hall–Kier alpha value is -0.810. The summed E-state index contributed by atoms with van der Waals surface area (Å²) in [6, 6.07) is 0. The fourth-order valence-corrected chi connectivity index (χ4v) is 3.17. The molecule has 0 aromatic carbocycles. The summed E-state index contributed by atoms with van der Waals surface area (Å²) in [5.41, 5.74) is -0.408. The number of nitrogens with zero attached hydrogens (tertiary/aromatic N) is 1. The number of hydrogen-bond acceptors (Lipinski definition) is 4. The fourth-order valence-electron chi connectivity index (χ4n) is 3.17. The van der Waals surface area contributed by atoms with E-state index in [1.165, 1.54) is 0 Å². The number of ether oxygens (including phenoxy) is 1. The molecular weight excluding hydrogens is 292 g/mol. The molecule has 1 amide bonds. The first kappa shape index (κ1) is 18.2. The number of esters is 1. The van der Waals surface area contributed by atoms with E-state index in [1.807, 2.05) is 18.7 Å². The van der Waals surface area contributed by atoms with Crippen molar-refractivity contribution in [3.8, 4) is 0 Å².